The number of carboxylic acids is 1. The molecule has 5 aromatic rings. The fourth-order valence-electron chi connectivity index (χ4n) is 7.04. The van der Waals surface area contributed by atoms with Crippen LogP contribution in [0.3, 0.4) is 0 Å². The SMILES string of the molecule is Cn1nc2cncc(-c3cc(Cl)c(C(=O)N4COc5c(cccc5-c5cc(N6C7CCC6COC7)c(C(=O)O)cc5F)C4)c(Cl)c3)c2n1. The van der Waals surface area contributed by atoms with E-state index >= 15 is 4.39 Å². The maximum Gasteiger partial charge on any atom is 0.337 e. The second-order valence-corrected chi connectivity index (χ2v) is 12.9. The molecule has 3 aliphatic rings. The van der Waals surface area contributed by atoms with Crippen LogP contribution < -0.4 is 9.64 Å². The van der Waals surface area contributed by atoms with Gasteiger partial charge in [-0.2, -0.15) is 15.0 Å². The Bertz CT molecular complexity index is 2120. The number of ether oxygens (including phenoxy) is 2. The van der Waals surface area contributed by atoms with E-state index in [0.29, 0.717) is 57.9 Å². The highest BCUT2D eigenvalue weighted by molar-refractivity contribution is 6.40. The number of aromatic nitrogens is 4. The Morgan fingerprint density at radius 2 is 1.73 bits per heavy atom. The van der Waals surface area contributed by atoms with E-state index in [4.69, 9.17) is 32.7 Å². The van der Waals surface area contributed by atoms with Gasteiger partial charge in [-0.25, -0.2) is 9.18 Å². The van der Waals surface area contributed by atoms with Crippen molar-refractivity contribution in [1.82, 2.24) is 24.9 Å². The van der Waals surface area contributed by atoms with E-state index in [1.807, 2.05) is 0 Å². The summed E-state index contributed by atoms with van der Waals surface area (Å²) >= 11 is 13.4. The predicted molar refractivity (Wildman–Crippen MR) is 176 cm³/mol. The van der Waals surface area contributed by atoms with Gasteiger partial charge in [0.25, 0.3) is 5.91 Å². The van der Waals surface area contributed by atoms with Crippen molar-refractivity contribution in [2.45, 2.75) is 31.5 Å². The lowest BCUT2D eigenvalue weighted by Crippen LogP contribution is -2.46. The summed E-state index contributed by atoms with van der Waals surface area (Å²) in [7, 11) is 1.71. The van der Waals surface area contributed by atoms with Gasteiger partial charge in [0.1, 0.15) is 22.6 Å². The number of aromatic carboxylic acids is 1. The molecule has 2 atom stereocenters. The molecule has 2 saturated heterocycles. The summed E-state index contributed by atoms with van der Waals surface area (Å²) in [5.41, 5.74) is 4.32. The lowest BCUT2D eigenvalue weighted by atomic mass is 9.96. The molecule has 0 spiro atoms. The monoisotopic (exact) mass is 688 g/mol. The number of hydrogen-bond acceptors (Lipinski definition) is 8. The lowest BCUT2D eigenvalue weighted by Gasteiger charge is -2.37. The molecule has 2 aromatic heterocycles. The molecule has 5 heterocycles. The van der Waals surface area contributed by atoms with Crippen LogP contribution in [-0.4, -0.2) is 73.9 Å². The molecule has 11 nitrogen and oxygen atoms in total. The number of rotatable bonds is 5. The topological polar surface area (TPSA) is 123 Å². The number of carboxylic acid groups (broad SMARTS) is 1. The van der Waals surface area contributed by atoms with Crippen molar-refractivity contribution in [2.24, 2.45) is 7.05 Å². The fraction of sp³-hybridized carbons (Fsp3) is 0.265. The molecule has 1 N–H and O–H groups in total. The van der Waals surface area contributed by atoms with E-state index in [1.54, 1.807) is 55.8 Å². The molecule has 14 heteroatoms. The summed E-state index contributed by atoms with van der Waals surface area (Å²) in [5, 5.41) is 19.0. The Balaban J connectivity index is 1.11. The molecule has 8 rings (SSSR count). The summed E-state index contributed by atoms with van der Waals surface area (Å²) < 4.78 is 27.5. The molecule has 0 saturated carbocycles. The van der Waals surface area contributed by atoms with Crippen molar-refractivity contribution in [3.63, 3.8) is 0 Å². The molecule has 2 unspecified atom stereocenters. The van der Waals surface area contributed by atoms with Crippen LogP contribution in [0.1, 0.15) is 39.1 Å². The third kappa shape index (κ3) is 5.02. The van der Waals surface area contributed by atoms with Crippen molar-refractivity contribution < 1.29 is 28.6 Å². The van der Waals surface area contributed by atoms with E-state index in [-0.39, 0.29) is 52.1 Å². The number of anilines is 1. The number of hydrogen-bond donors (Lipinski definition) is 1. The number of carbonyl (C=O) groups excluding carboxylic acids is 1. The van der Waals surface area contributed by atoms with E-state index in [0.717, 1.165) is 18.9 Å². The largest absolute Gasteiger partial charge is 0.478 e. The second-order valence-electron chi connectivity index (χ2n) is 12.1. The zero-order valence-electron chi connectivity index (χ0n) is 25.5. The molecule has 1 amide bonds. The van der Waals surface area contributed by atoms with Crippen LogP contribution >= 0.6 is 23.2 Å². The van der Waals surface area contributed by atoms with Gasteiger partial charge in [-0.05, 0) is 42.7 Å². The van der Waals surface area contributed by atoms with E-state index in [9.17, 15) is 14.7 Å². The predicted octanol–water partition coefficient (Wildman–Crippen LogP) is 6.20. The molecule has 48 heavy (non-hydrogen) atoms. The molecule has 3 aliphatic heterocycles. The maximum absolute atomic E-state index is 15.7. The van der Waals surface area contributed by atoms with Crippen molar-refractivity contribution >= 4 is 51.8 Å². The van der Waals surface area contributed by atoms with E-state index in [2.05, 4.69) is 20.1 Å². The summed E-state index contributed by atoms with van der Waals surface area (Å²) in [4.78, 5) is 35.3. The van der Waals surface area contributed by atoms with Crippen molar-refractivity contribution in [2.75, 3.05) is 24.8 Å². The highest BCUT2D eigenvalue weighted by Crippen LogP contribution is 2.43. The number of pyridine rings is 1. The molecule has 244 valence electrons. The van der Waals surface area contributed by atoms with Crippen molar-refractivity contribution in [3.05, 3.63) is 87.4 Å². The maximum atomic E-state index is 15.7. The molecule has 0 aliphatic carbocycles. The van der Waals surface area contributed by atoms with Gasteiger partial charge >= 0.3 is 5.97 Å². The Morgan fingerprint density at radius 1 is 0.979 bits per heavy atom. The van der Waals surface area contributed by atoms with E-state index in [1.165, 1.54) is 9.70 Å². The van der Waals surface area contributed by atoms with Crippen LogP contribution in [0, 0.1) is 5.82 Å². The number of morpholine rings is 1. The molecular weight excluding hydrogens is 662 g/mol. The zero-order chi connectivity index (χ0) is 33.3. The minimum absolute atomic E-state index is 0.0192. The Hall–Kier alpha value is -4.78. The summed E-state index contributed by atoms with van der Waals surface area (Å²) in [6, 6.07) is 11.3. The van der Waals surface area contributed by atoms with E-state index < -0.39 is 17.7 Å². The van der Waals surface area contributed by atoms with Crippen LogP contribution in [0.4, 0.5) is 10.1 Å². The summed E-state index contributed by atoms with van der Waals surface area (Å²) in [5.74, 6) is -1.91. The highest BCUT2D eigenvalue weighted by atomic mass is 35.5. The fourth-order valence-corrected chi connectivity index (χ4v) is 7.69. The van der Waals surface area contributed by atoms with Gasteiger partial charge in [0.2, 0.25) is 0 Å². The normalized spacial score (nSPS) is 18.6. The van der Waals surface area contributed by atoms with Crippen molar-refractivity contribution in [3.8, 4) is 28.0 Å². The Morgan fingerprint density at radius 3 is 2.46 bits per heavy atom. The van der Waals surface area contributed by atoms with Gasteiger partial charge in [0.05, 0.1) is 64.9 Å². The number of carbonyl (C=O) groups is 2. The van der Waals surface area contributed by atoms with Gasteiger partial charge in [-0.15, -0.1) is 0 Å². The third-order valence-electron chi connectivity index (χ3n) is 9.20. The van der Waals surface area contributed by atoms with Crippen LogP contribution in [0.15, 0.2) is 54.9 Å². The van der Waals surface area contributed by atoms with Crippen molar-refractivity contribution in [1.29, 1.82) is 0 Å². The number of halogens is 3. The van der Waals surface area contributed by atoms with Gasteiger partial charge in [0.15, 0.2) is 6.73 Å². The van der Waals surface area contributed by atoms with Gasteiger partial charge < -0.3 is 24.4 Å². The molecule has 0 radical (unpaired) electrons. The average molecular weight is 690 g/mol. The number of fused-ring (bicyclic) bond motifs is 4. The van der Waals surface area contributed by atoms with Crippen LogP contribution in [0.5, 0.6) is 5.75 Å². The third-order valence-corrected chi connectivity index (χ3v) is 9.79. The Kier molecular flexibility index (Phi) is 7.46. The molecular formula is C34H27Cl2FN6O5. The van der Waals surface area contributed by atoms with Crippen LogP contribution in [0.25, 0.3) is 33.3 Å². The standard InChI is InChI=1S/C34H27Cl2FN6O5/c1-41-39-28-12-38-11-24(31(28)40-41)18-7-25(35)30(26(36)8-18)33(44)42-13-17-3-2-4-21(32(17)48-16-42)22-10-29(23(34(45)46)9-27(22)37)43-19-5-6-20(43)15-47-14-19/h2-4,7-12,19-20H,5-6,13-16H2,1H3,(H,45,46). The average Bonchev–Trinajstić information content (AvgIpc) is 3.57. The molecule has 2 bridgehead atoms. The quantitative estimate of drug-likeness (QED) is 0.230. The number of amides is 1. The molecule has 3 aromatic carbocycles. The number of aryl methyl sites for hydroxylation is 1. The van der Waals surface area contributed by atoms with Crippen LogP contribution in [0.2, 0.25) is 10.0 Å². The summed E-state index contributed by atoms with van der Waals surface area (Å²) in [6.07, 6.45) is 4.99. The summed E-state index contributed by atoms with van der Waals surface area (Å²) in [6.45, 7) is 0.980. The number of nitrogens with zero attached hydrogens (tertiary/aromatic N) is 6. The molecule has 2 fully saturated rings. The Labute approximate surface area is 283 Å². The minimum atomic E-state index is -1.20. The lowest BCUT2D eigenvalue weighted by molar-refractivity contribution is 0.0516. The van der Waals surface area contributed by atoms with Gasteiger partial charge in [-0.3, -0.25) is 9.78 Å². The van der Waals surface area contributed by atoms with Crippen LogP contribution in [-0.2, 0) is 18.3 Å². The second kappa shape index (κ2) is 11.7. The highest BCUT2D eigenvalue weighted by Gasteiger charge is 2.40. The number of para-hydroxylation sites is 1. The van der Waals surface area contributed by atoms with Gasteiger partial charge in [-0.1, -0.05) is 41.4 Å². The first-order valence-corrected chi connectivity index (χ1v) is 16.0. The first kappa shape index (κ1) is 30.5. The smallest absolute Gasteiger partial charge is 0.337 e. The first-order chi connectivity index (χ1) is 23.2. The first-order valence-electron chi connectivity index (χ1n) is 15.3. The zero-order valence-corrected chi connectivity index (χ0v) is 27.0. The van der Waals surface area contributed by atoms with Gasteiger partial charge in [0, 0.05) is 35.5 Å². The minimum Gasteiger partial charge on any atom is -0.478 e. The number of benzene rings is 3.